The molecule has 0 heterocycles. The summed E-state index contributed by atoms with van der Waals surface area (Å²) < 4.78 is 21.7. The van der Waals surface area contributed by atoms with Crippen molar-refractivity contribution in [3.8, 4) is 0 Å². The van der Waals surface area contributed by atoms with Crippen LogP contribution < -0.4 is 16.8 Å². The number of nitrogens with one attached hydrogen (secondary N) is 1. The highest BCUT2D eigenvalue weighted by atomic mass is 32.2. The molecule has 17 heavy (non-hydrogen) atoms. The molecule has 0 unspecified atom stereocenters. The third kappa shape index (κ3) is 4.31. The smallest absolute Gasteiger partial charge is 0.253 e. The Morgan fingerprint density at radius 1 is 1.35 bits per heavy atom. The highest BCUT2D eigenvalue weighted by molar-refractivity contribution is 7.90. The Morgan fingerprint density at radius 2 is 2.00 bits per heavy atom. The van der Waals surface area contributed by atoms with Crippen molar-refractivity contribution >= 4 is 27.1 Å². The molecule has 7 heteroatoms. The minimum atomic E-state index is -3.08. The fourth-order valence-electron chi connectivity index (χ4n) is 1.23. The van der Waals surface area contributed by atoms with Gasteiger partial charge in [0.05, 0.1) is 11.3 Å². The highest BCUT2D eigenvalue weighted by Crippen LogP contribution is 2.15. The van der Waals surface area contributed by atoms with Crippen molar-refractivity contribution in [1.29, 1.82) is 0 Å². The van der Waals surface area contributed by atoms with Gasteiger partial charge in [0.15, 0.2) is 0 Å². The van der Waals surface area contributed by atoms with Crippen LogP contribution in [0.2, 0.25) is 0 Å². The molecule has 1 amide bonds. The van der Waals surface area contributed by atoms with Gasteiger partial charge in [-0.1, -0.05) is 0 Å². The zero-order chi connectivity index (χ0) is 13.1. The van der Waals surface area contributed by atoms with E-state index in [1.54, 1.807) is 6.07 Å². The number of nitrogen functional groups attached to an aromatic ring is 2. The fraction of sp³-hybridized carbons (Fsp3) is 0.300. The molecule has 0 spiro atoms. The summed E-state index contributed by atoms with van der Waals surface area (Å²) in [5.74, 6) is -0.515. The van der Waals surface area contributed by atoms with Gasteiger partial charge in [-0.15, -0.1) is 0 Å². The normalized spacial score (nSPS) is 11.1. The molecule has 1 aromatic rings. The molecule has 0 saturated heterocycles. The summed E-state index contributed by atoms with van der Waals surface area (Å²) in [4.78, 5) is 11.6. The number of sulfone groups is 1. The van der Waals surface area contributed by atoms with Gasteiger partial charge in [0.1, 0.15) is 9.84 Å². The summed E-state index contributed by atoms with van der Waals surface area (Å²) >= 11 is 0. The Kier molecular flexibility index (Phi) is 3.95. The molecular formula is C10H15N3O3S. The number of anilines is 2. The van der Waals surface area contributed by atoms with Crippen LogP contribution in [-0.4, -0.2) is 32.9 Å². The number of carbonyl (C=O) groups is 1. The van der Waals surface area contributed by atoms with Crippen molar-refractivity contribution < 1.29 is 13.2 Å². The van der Waals surface area contributed by atoms with Crippen molar-refractivity contribution in [1.82, 2.24) is 5.32 Å². The van der Waals surface area contributed by atoms with Crippen LogP contribution >= 0.6 is 0 Å². The van der Waals surface area contributed by atoms with Gasteiger partial charge in [-0.25, -0.2) is 8.42 Å². The minimum absolute atomic E-state index is 0.0570. The Hall–Kier alpha value is -1.76. The van der Waals surface area contributed by atoms with Crippen LogP contribution in [0, 0.1) is 0 Å². The number of nitrogens with two attached hydrogens (primary N) is 2. The van der Waals surface area contributed by atoms with E-state index in [1.165, 1.54) is 12.1 Å². The molecular weight excluding hydrogens is 242 g/mol. The standard InChI is InChI=1S/C10H15N3O3S/c1-17(15,16)5-4-13-10(14)8-3-2-7(11)6-9(8)12/h2-3,6H,4-5,11-12H2,1H3,(H,13,14). The van der Waals surface area contributed by atoms with Crippen LogP contribution in [0.1, 0.15) is 10.4 Å². The minimum Gasteiger partial charge on any atom is -0.399 e. The highest BCUT2D eigenvalue weighted by Gasteiger charge is 2.10. The molecule has 0 saturated carbocycles. The van der Waals surface area contributed by atoms with E-state index in [1.807, 2.05) is 0 Å². The predicted molar refractivity (Wildman–Crippen MR) is 67.3 cm³/mol. The van der Waals surface area contributed by atoms with Crippen molar-refractivity contribution in [2.24, 2.45) is 0 Å². The molecule has 0 fully saturated rings. The van der Waals surface area contributed by atoms with Crippen LogP contribution in [0.4, 0.5) is 11.4 Å². The second kappa shape index (κ2) is 5.05. The van der Waals surface area contributed by atoms with Gasteiger partial charge in [-0.2, -0.15) is 0 Å². The van der Waals surface area contributed by atoms with Crippen LogP contribution in [0.5, 0.6) is 0 Å². The quantitative estimate of drug-likeness (QED) is 0.636. The van der Waals surface area contributed by atoms with E-state index in [0.29, 0.717) is 5.69 Å². The third-order valence-corrected chi connectivity index (χ3v) is 3.02. The average Bonchev–Trinajstić information content (AvgIpc) is 2.15. The SMILES string of the molecule is CS(=O)(=O)CCNC(=O)c1ccc(N)cc1N. The first-order chi connectivity index (χ1) is 7.79. The summed E-state index contributed by atoms with van der Waals surface area (Å²) in [5, 5.41) is 2.48. The first kappa shape index (κ1) is 13.3. The Bertz CT molecular complexity index is 526. The predicted octanol–water partition coefficient (Wildman–Crippen LogP) is -0.375. The molecule has 0 radical (unpaired) electrons. The Labute approximate surface area is 99.9 Å². The van der Waals surface area contributed by atoms with Crippen LogP contribution in [0.15, 0.2) is 18.2 Å². The molecule has 0 atom stereocenters. The molecule has 0 aromatic heterocycles. The maximum atomic E-state index is 11.6. The lowest BCUT2D eigenvalue weighted by atomic mass is 10.1. The number of benzene rings is 1. The van der Waals surface area contributed by atoms with Gasteiger partial charge in [-0.05, 0) is 18.2 Å². The van der Waals surface area contributed by atoms with Gasteiger partial charge < -0.3 is 16.8 Å². The van der Waals surface area contributed by atoms with Gasteiger partial charge in [0.25, 0.3) is 5.91 Å². The van der Waals surface area contributed by atoms with Crippen molar-refractivity contribution in [2.75, 3.05) is 30.0 Å². The molecule has 0 aliphatic carbocycles. The van der Waals surface area contributed by atoms with E-state index in [9.17, 15) is 13.2 Å². The summed E-state index contributed by atoms with van der Waals surface area (Å²) in [7, 11) is -3.08. The second-order valence-electron chi connectivity index (χ2n) is 3.73. The lowest BCUT2D eigenvalue weighted by Gasteiger charge is -2.07. The van der Waals surface area contributed by atoms with Gasteiger partial charge >= 0.3 is 0 Å². The second-order valence-corrected chi connectivity index (χ2v) is 5.99. The summed E-state index contributed by atoms with van der Waals surface area (Å²) in [6.45, 7) is 0.0570. The number of carbonyl (C=O) groups excluding carboxylic acids is 1. The lowest BCUT2D eigenvalue weighted by Crippen LogP contribution is -2.29. The van der Waals surface area contributed by atoms with Crippen LogP contribution in [-0.2, 0) is 9.84 Å². The molecule has 94 valence electrons. The van der Waals surface area contributed by atoms with E-state index < -0.39 is 15.7 Å². The van der Waals surface area contributed by atoms with E-state index >= 15 is 0 Å². The van der Waals surface area contributed by atoms with E-state index in [2.05, 4.69) is 5.32 Å². The molecule has 6 nitrogen and oxygen atoms in total. The monoisotopic (exact) mass is 257 g/mol. The third-order valence-electron chi connectivity index (χ3n) is 2.08. The summed E-state index contributed by atoms with van der Waals surface area (Å²) in [6, 6.07) is 4.54. The maximum Gasteiger partial charge on any atom is 0.253 e. The zero-order valence-corrected chi connectivity index (χ0v) is 10.3. The largest absolute Gasteiger partial charge is 0.399 e. The Morgan fingerprint density at radius 3 is 2.53 bits per heavy atom. The number of amides is 1. The number of rotatable bonds is 4. The number of hydrogen-bond acceptors (Lipinski definition) is 5. The van der Waals surface area contributed by atoms with Gasteiger partial charge in [0, 0.05) is 24.2 Å². The summed E-state index contributed by atoms with van der Waals surface area (Å²) in [6.07, 6.45) is 1.11. The van der Waals surface area contributed by atoms with E-state index in [0.717, 1.165) is 6.26 Å². The van der Waals surface area contributed by atoms with Crippen molar-refractivity contribution in [2.45, 2.75) is 0 Å². The average molecular weight is 257 g/mol. The van der Waals surface area contributed by atoms with E-state index in [4.69, 9.17) is 11.5 Å². The molecule has 0 bridgehead atoms. The summed E-state index contributed by atoms with van der Waals surface area (Å²) in [5.41, 5.74) is 12.1. The molecule has 0 aliphatic heterocycles. The van der Waals surface area contributed by atoms with Gasteiger partial charge in [-0.3, -0.25) is 4.79 Å². The first-order valence-electron chi connectivity index (χ1n) is 4.90. The van der Waals surface area contributed by atoms with Gasteiger partial charge in [0.2, 0.25) is 0 Å². The fourth-order valence-corrected chi connectivity index (χ4v) is 1.71. The van der Waals surface area contributed by atoms with Crippen LogP contribution in [0.3, 0.4) is 0 Å². The first-order valence-corrected chi connectivity index (χ1v) is 6.96. The molecule has 1 aromatic carbocycles. The zero-order valence-electron chi connectivity index (χ0n) is 9.43. The van der Waals surface area contributed by atoms with Crippen LogP contribution in [0.25, 0.3) is 0 Å². The Balaban J connectivity index is 2.65. The topological polar surface area (TPSA) is 115 Å². The molecule has 1 rings (SSSR count). The molecule has 0 aliphatic rings. The van der Waals surface area contributed by atoms with Crippen molar-refractivity contribution in [3.05, 3.63) is 23.8 Å². The van der Waals surface area contributed by atoms with Crippen molar-refractivity contribution in [3.63, 3.8) is 0 Å². The lowest BCUT2D eigenvalue weighted by molar-refractivity contribution is 0.0957. The maximum absolute atomic E-state index is 11.6. The van der Waals surface area contributed by atoms with E-state index in [-0.39, 0.29) is 23.5 Å². The number of hydrogen-bond donors (Lipinski definition) is 3. The molecule has 5 N–H and O–H groups in total.